The predicted molar refractivity (Wildman–Crippen MR) is 123 cm³/mol. The number of hydrogen-bond acceptors (Lipinski definition) is 7. The van der Waals surface area contributed by atoms with E-state index in [4.69, 9.17) is 17.0 Å². The molecule has 0 atom stereocenters. The van der Waals surface area contributed by atoms with Crippen LogP contribution in [-0.2, 0) is 15.7 Å². The number of ether oxygens (including phenoxy) is 1. The number of nitro groups is 1. The Morgan fingerprint density at radius 3 is 2.55 bits per heavy atom. The highest BCUT2D eigenvalue weighted by atomic mass is 32.2. The van der Waals surface area contributed by atoms with E-state index in [-0.39, 0.29) is 20.6 Å². The largest absolute Gasteiger partial charge is 0.416 e. The van der Waals surface area contributed by atoms with Crippen LogP contribution < -0.4 is 9.80 Å². The van der Waals surface area contributed by atoms with E-state index in [1.165, 1.54) is 30.3 Å². The summed E-state index contributed by atoms with van der Waals surface area (Å²) in [5.74, 6) is -0.594. The van der Waals surface area contributed by atoms with Crippen molar-refractivity contribution in [2.45, 2.75) is 6.18 Å². The summed E-state index contributed by atoms with van der Waals surface area (Å²) in [6, 6.07) is 8.71. The van der Waals surface area contributed by atoms with E-state index in [0.29, 0.717) is 37.6 Å². The van der Waals surface area contributed by atoms with Crippen LogP contribution in [0.4, 0.5) is 30.2 Å². The fourth-order valence-corrected chi connectivity index (χ4v) is 4.81. The Morgan fingerprint density at radius 2 is 1.88 bits per heavy atom. The number of non-ortho nitro benzene ring substituents is 1. The number of alkyl halides is 3. The number of thiocarbonyl (C=S) groups is 1. The van der Waals surface area contributed by atoms with Gasteiger partial charge in [0.05, 0.1) is 34.3 Å². The van der Waals surface area contributed by atoms with Crippen molar-refractivity contribution in [2.24, 2.45) is 0 Å². The lowest BCUT2D eigenvalue weighted by Gasteiger charge is -2.30. The zero-order valence-electron chi connectivity index (χ0n) is 16.9. The van der Waals surface area contributed by atoms with Crippen LogP contribution >= 0.6 is 24.0 Å². The second-order valence-electron chi connectivity index (χ2n) is 7.16. The Kier molecular flexibility index (Phi) is 6.41. The number of benzene rings is 2. The molecule has 0 spiro atoms. The molecule has 2 saturated heterocycles. The molecule has 33 heavy (non-hydrogen) atoms. The normalized spacial score (nSPS) is 18.3. The van der Waals surface area contributed by atoms with Gasteiger partial charge in [-0.15, -0.1) is 0 Å². The van der Waals surface area contributed by atoms with E-state index >= 15 is 0 Å². The third kappa shape index (κ3) is 4.87. The van der Waals surface area contributed by atoms with Crippen molar-refractivity contribution in [1.29, 1.82) is 0 Å². The van der Waals surface area contributed by atoms with Crippen molar-refractivity contribution in [3.05, 3.63) is 68.6 Å². The molecule has 0 aromatic heterocycles. The van der Waals surface area contributed by atoms with Crippen molar-refractivity contribution in [3.8, 4) is 0 Å². The SMILES string of the molecule is O=C1C(=Cc2cc([N+](=O)[O-])ccc2N2CCOCC2)SC(=S)N1c1cccc(C(F)(F)F)c1. The molecule has 1 amide bonds. The van der Waals surface area contributed by atoms with Crippen molar-refractivity contribution in [2.75, 3.05) is 36.1 Å². The lowest BCUT2D eigenvalue weighted by Crippen LogP contribution is -2.36. The Morgan fingerprint density at radius 1 is 1.15 bits per heavy atom. The number of halogens is 3. The van der Waals surface area contributed by atoms with Gasteiger partial charge in [0.2, 0.25) is 0 Å². The fraction of sp³-hybridized carbons (Fsp3) is 0.238. The molecule has 0 unspecified atom stereocenters. The number of carbonyl (C=O) groups is 1. The standard InChI is InChI=1S/C21H16F3N3O4S2/c22-21(23,24)14-2-1-3-15(12-14)26-19(28)18(33-20(26)32)11-13-10-16(27(29)30)4-5-17(13)25-6-8-31-9-7-25/h1-5,10-12H,6-9H2. The first kappa shape index (κ1) is 23.2. The number of amides is 1. The van der Waals surface area contributed by atoms with Gasteiger partial charge in [-0.05, 0) is 30.3 Å². The van der Waals surface area contributed by atoms with Crippen LogP contribution in [0.3, 0.4) is 0 Å². The first-order valence-corrected chi connectivity index (χ1v) is 10.9. The maximum absolute atomic E-state index is 13.1. The monoisotopic (exact) mass is 495 g/mol. The summed E-state index contributed by atoms with van der Waals surface area (Å²) in [7, 11) is 0. The molecule has 2 fully saturated rings. The molecule has 172 valence electrons. The van der Waals surface area contributed by atoms with Gasteiger partial charge >= 0.3 is 6.18 Å². The van der Waals surface area contributed by atoms with Gasteiger partial charge in [-0.2, -0.15) is 13.2 Å². The third-order valence-corrected chi connectivity index (χ3v) is 6.39. The quantitative estimate of drug-likeness (QED) is 0.260. The topological polar surface area (TPSA) is 75.9 Å². The van der Waals surface area contributed by atoms with E-state index in [9.17, 15) is 28.1 Å². The Labute approximate surface area is 195 Å². The van der Waals surface area contributed by atoms with E-state index in [1.807, 2.05) is 4.90 Å². The fourth-order valence-electron chi connectivity index (χ4n) is 3.52. The minimum atomic E-state index is -4.57. The zero-order valence-corrected chi connectivity index (χ0v) is 18.5. The summed E-state index contributed by atoms with van der Waals surface area (Å²) in [5.41, 5.74) is 0.0879. The highest BCUT2D eigenvalue weighted by molar-refractivity contribution is 8.27. The van der Waals surface area contributed by atoms with Crippen LogP contribution in [0.25, 0.3) is 6.08 Å². The number of rotatable bonds is 4. The van der Waals surface area contributed by atoms with Crippen LogP contribution in [0.15, 0.2) is 47.4 Å². The molecular weight excluding hydrogens is 479 g/mol. The number of carbonyl (C=O) groups excluding carboxylic acids is 1. The lowest BCUT2D eigenvalue weighted by atomic mass is 10.1. The average Bonchev–Trinajstić information content (AvgIpc) is 3.06. The summed E-state index contributed by atoms with van der Waals surface area (Å²) in [6.45, 7) is 2.13. The minimum absolute atomic E-state index is 0.00294. The van der Waals surface area contributed by atoms with Gasteiger partial charge in [0.15, 0.2) is 4.32 Å². The van der Waals surface area contributed by atoms with Gasteiger partial charge in [0.25, 0.3) is 11.6 Å². The number of nitro benzene ring substituents is 1. The molecule has 7 nitrogen and oxygen atoms in total. The van der Waals surface area contributed by atoms with Crippen molar-refractivity contribution < 1.29 is 27.6 Å². The van der Waals surface area contributed by atoms with Crippen molar-refractivity contribution in [1.82, 2.24) is 0 Å². The number of morpholine rings is 1. The van der Waals surface area contributed by atoms with Gasteiger partial charge in [-0.1, -0.05) is 30.0 Å². The summed E-state index contributed by atoms with van der Waals surface area (Å²) in [4.78, 5) is 27.0. The van der Waals surface area contributed by atoms with Crippen LogP contribution in [-0.4, -0.2) is 41.5 Å². The van der Waals surface area contributed by atoms with Gasteiger partial charge in [0.1, 0.15) is 0 Å². The molecule has 4 rings (SSSR count). The maximum atomic E-state index is 13.1. The molecule has 0 radical (unpaired) electrons. The highest BCUT2D eigenvalue weighted by Gasteiger charge is 2.36. The van der Waals surface area contributed by atoms with Gasteiger partial charge < -0.3 is 9.64 Å². The molecule has 2 aromatic rings. The molecule has 2 aliphatic rings. The molecule has 2 heterocycles. The lowest BCUT2D eigenvalue weighted by molar-refractivity contribution is -0.384. The number of thioether (sulfide) groups is 1. The van der Waals surface area contributed by atoms with Gasteiger partial charge in [-0.3, -0.25) is 19.8 Å². The number of nitrogens with zero attached hydrogens (tertiary/aromatic N) is 3. The first-order valence-electron chi connectivity index (χ1n) is 9.71. The Balaban J connectivity index is 1.71. The van der Waals surface area contributed by atoms with E-state index in [1.54, 1.807) is 6.07 Å². The van der Waals surface area contributed by atoms with Crippen LogP contribution in [0.2, 0.25) is 0 Å². The second kappa shape index (κ2) is 9.12. The van der Waals surface area contributed by atoms with Crippen LogP contribution in [0.1, 0.15) is 11.1 Å². The van der Waals surface area contributed by atoms with E-state index in [0.717, 1.165) is 28.8 Å². The van der Waals surface area contributed by atoms with Crippen LogP contribution in [0, 0.1) is 10.1 Å². The highest BCUT2D eigenvalue weighted by Crippen LogP contribution is 2.39. The number of hydrogen-bond donors (Lipinski definition) is 0. The maximum Gasteiger partial charge on any atom is 0.416 e. The average molecular weight is 496 g/mol. The summed E-state index contributed by atoms with van der Waals surface area (Å²) >= 11 is 6.19. The molecule has 2 aromatic carbocycles. The Hall–Kier alpha value is -2.96. The summed E-state index contributed by atoms with van der Waals surface area (Å²) in [5, 5.41) is 11.3. The zero-order chi connectivity index (χ0) is 23.8. The van der Waals surface area contributed by atoms with Crippen molar-refractivity contribution in [3.63, 3.8) is 0 Å². The van der Waals surface area contributed by atoms with E-state index < -0.39 is 22.6 Å². The first-order chi connectivity index (χ1) is 15.6. The second-order valence-corrected chi connectivity index (χ2v) is 8.84. The third-order valence-electron chi connectivity index (χ3n) is 5.09. The molecule has 0 bridgehead atoms. The van der Waals surface area contributed by atoms with E-state index in [2.05, 4.69) is 0 Å². The molecular formula is C21H16F3N3O4S2. The molecule has 0 saturated carbocycles. The molecule has 12 heteroatoms. The van der Waals surface area contributed by atoms with Gasteiger partial charge in [0, 0.05) is 36.5 Å². The van der Waals surface area contributed by atoms with Crippen molar-refractivity contribution >= 4 is 57.3 Å². The molecule has 0 aliphatic carbocycles. The summed E-state index contributed by atoms with van der Waals surface area (Å²) in [6.07, 6.45) is -3.08. The minimum Gasteiger partial charge on any atom is -0.378 e. The summed E-state index contributed by atoms with van der Waals surface area (Å²) < 4.78 is 44.8. The van der Waals surface area contributed by atoms with Crippen LogP contribution in [0.5, 0.6) is 0 Å². The Bertz CT molecular complexity index is 1160. The predicted octanol–water partition coefficient (Wildman–Crippen LogP) is 4.86. The molecule has 0 N–H and O–H groups in total. The smallest absolute Gasteiger partial charge is 0.378 e. The molecule has 2 aliphatic heterocycles. The van der Waals surface area contributed by atoms with Gasteiger partial charge in [-0.25, -0.2) is 0 Å². The number of anilines is 2.